The lowest BCUT2D eigenvalue weighted by Crippen LogP contribution is -2.31. The van der Waals surface area contributed by atoms with Crippen LogP contribution >= 0.6 is 0 Å². The van der Waals surface area contributed by atoms with Crippen LogP contribution in [0.3, 0.4) is 0 Å². The number of hydrogen-bond acceptors (Lipinski definition) is 3. The Balaban J connectivity index is 2.17. The molecule has 0 amide bonds. The first-order valence-electron chi connectivity index (χ1n) is 6.77. The minimum atomic E-state index is -0.723. The molecular formula is C15H21NO3. The zero-order valence-corrected chi connectivity index (χ0v) is 11.3. The van der Waals surface area contributed by atoms with E-state index >= 15 is 0 Å². The van der Waals surface area contributed by atoms with Crippen LogP contribution in [0.25, 0.3) is 0 Å². The molecule has 4 heteroatoms. The van der Waals surface area contributed by atoms with Gasteiger partial charge in [0.2, 0.25) is 0 Å². The van der Waals surface area contributed by atoms with Gasteiger partial charge >= 0.3 is 5.97 Å². The summed E-state index contributed by atoms with van der Waals surface area (Å²) in [6, 6.07) is 7.81. The molecule has 19 heavy (non-hydrogen) atoms. The predicted molar refractivity (Wildman–Crippen MR) is 73.6 cm³/mol. The van der Waals surface area contributed by atoms with Gasteiger partial charge in [-0.2, -0.15) is 0 Å². The Kier molecular flexibility index (Phi) is 4.80. The van der Waals surface area contributed by atoms with Crippen LogP contribution in [0, 0.1) is 5.92 Å². The number of aliphatic carboxylic acids is 1. The molecule has 4 nitrogen and oxygen atoms in total. The first-order chi connectivity index (χ1) is 9.20. The van der Waals surface area contributed by atoms with Gasteiger partial charge in [0.05, 0.1) is 13.5 Å². The summed E-state index contributed by atoms with van der Waals surface area (Å²) in [7, 11) is 1.64. The third-order valence-electron chi connectivity index (χ3n) is 3.89. The fourth-order valence-corrected chi connectivity index (χ4v) is 2.84. The van der Waals surface area contributed by atoms with Crippen LogP contribution in [0.4, 0.5) is 0 Å². The van der Waals surface area contributed by atoms with Crippen molar-refractivity contribution in [2.75, 3.05) is 20.2 Å². The number of benzene rings is 1. The minimum Gasteiger partial charge on any atom is -0.497 e. The molecule has 0 aliphatic carbocycles. The van der Waals surface area contributed by atoms with Gasteiger partial charge in [-0.3, -0.25) is 4.79 Å². The van der Waals surface area contributed by atoms with Crippen LogP contribution in [0.1, 0.15) is 30.7 Å². The van der Waals surface area contributed by atoms with E-state index in [4.69, 9.17) is 9.84 Å². The molecule has 0 radical (unpaired) electrons. The van der Waals surface area contributed by atoms with Crippen molar-refractivity contribution in [3.05, 3.63) is 29.8 Å². The maximum Gasteiger partial charge on any atom is 0.303 e. The van der Waals surface area contributed by atoms with Crippen LogP contribution in [0.5, 0.6) is 5.75 Å². The Morgan fingerprint density at radius 1 is 1.37 bits per heavy atom. The number of piperidine rings is 1. The van der Waals surface area contributed by atoms with Crippen LogP contribution < -0.4 is 10.1 Å². The van der Waals surface area contributed by atoms with Crippen molar-refractivity contribution in [1.29, 1.82) is 0 Å². The van der Waals surface area contributed by atoms with E-state index in [1.807, 2.05) is 24.3 Å². The first-order valence-corrected chi connectivity index (χ1v) is 6.77. The fraction of sp³-hybridized carbons (Fsp3) is 0.533. The van der Waals surface area contributed by atoms with Gasteiger partial charge in [-0.15, -0.1) is 0 Å². The van der Waals surface area contributed by atoms with E-state index in [0.717, 1.165) is 37.2 Å². The van der Waals surface area contributed by atoms with E-state index in [1.54, 1.807) is 7.11 Å². The highest BCUT2D eigenvalue weighted by atomic mass is 16.5. The zero-order chi connectivity index (χ0) is 13.7. The summed E-state index contributed by atoms with van der Waals surface area (Å²) in [5, 5.41) is 12.5. The number of nitrogens with one attached hydrogen (secondary N) is 1. The second-order valence-electron chi connectivity index (χ2n) is 5.06. The molecule has 1 saturated heterocycles. The number of carboxylic acid groups (broad SMARTS) is 1. The number of methoxy groups -OCH3 is 1. The lowest BCUT2D eigenvalue weighted by Gasteiger charge is -2.30. The lowest BCUT2D eigenvalue weighted by atomic mass is 9.78. The van der Waals surface area contributed by atoms with E-state index < -0.39 is 5.97 Å². The Labute approximate surface area is 113 Å². The molecule has 1 aromatic rings. The highest BCUT2D eigenvalue weighted by molar-refractivity contribution is 5.68. The summed E-state index contributed by atoms with van der Waals surface area (Å²) >= 11 is 0. The van der Waals surface area contributed by atoms with Gasteiger partial charge in [0.1, 0.15) is 5.75 Å². The topological polar surface area (TPSA) is 58.6 Å². The molecule has 0 aromatic heterocycles. The quantitative estimate of drug-likeness (QED) is 0.855. The van der Waals surface area contributed by atoms with Crippen molar-refractivity contribution in [2.24, 2.45) is 5.92 Å². The summed E-state index contributed by atoms with van der Waals surface area (Å²) in [6.07, 6.45) is 2.30. The van der Waals surface area contributed by atoms with E-state index in [1.165, 1.54) is 0 Å². The molecule has 1 unspecified atom stereocenters. The summed E-state index contributed by atoms with van der Waals surface area (Å²) in [5.74, 6) is 0.638. The molecule has 1 fully saturated rings. The SMILES string of the molecule is COc1ccc(C(CC(=O)O)C2CCNCC2)cc1. The van der Waals surface area contributed by atoms with Crippen molar-refractivity contribution in [3.63, 3.8) is 0 Å². The van der Waals surface area contributed by atoms with Crippen LogP contribution in [-0.2, 0) is 4.79 Å². The van der Waals surface area contributed by atoms with Gasteiger partial charge in [0, 0.05) is 0 Å². The second kappa shape index (κ2) is 6.57. The normalized spacial score (nSPS) is 17.9. The molecule has 1 aliphatic heterocycles. The smallest absolute Gasteiger partial charge is 0.303 e. The fourth-order valence-electron chi connectivity index (χ4n) is 2.84. The number of carboxylic acids is 1. The van der Waals surface area contributed by atoms with Crippen LogP contribution in [-0.4, -0.2) is 31.3 Å². The molecular weight excluding hydrogens is 242 g/mol. The molecule has 0 saturated carbocycles. The average Bonchev–Trinajstić information content (AvgIpc) is 2.46. The molecule has 1 heterocycles. The van der Waals surface area contributed by atoms with E-state index in [-0.39, 0.29) is 12.3 Å². The molecule has 0 bridgehead atoms. The number of carbonyl (C=O) groups is 1. The molecule has 104 valence electrons. The van der Waals surface area contributed by atoms with Crippen molar-refractivity contribution < 1.29 is 14.6 Å². The van der Waals surface area contributed by atoms with Crippen molar-refractivity contribution in [1.82, 2.24) is 5.32 Å². The minimum absolute atomic E-state index is 0.102. The third-order valence-corrected chi connectivity index (χ3v) is 3.89. The largest absolute Gasteiger partial charge is 0.497 e. The van der Waals surface area contributed by atoms with E-state index in [0.29, 0.717) is 5.92 Å². The highest BCUT2D eigenvalue weighted by Gasteiger charge is 2.26. The highest BCUT2D eigenvalue weighted by Crippen LogP contribution is 2.34. The molecule has 2 rings (SSSR count). The maximum atomic E-state index is 11.1. The number of rotatable bonds is 5. The second-order valence-corrected chi connectivity index (χ2v) is 5.06. The van der Waals surface area contributed by atoms with Gasteiger partial charge in [-0.05, 0) is 55.5 Å². The number of hydrogen-bond donors (Lipinski definition) is 2. The number of ether oxygens (including phenoxy) is 1. The van der Waals surface area contributed by atoms with Gasteiger partial charge in [-0.1, -0.05) is 12.1 Å². The zero-order valence-electron chi connectivity index (χ0n) is 11.3. The van der Waals surface area contributed by atoms with Crippen LogP contribution in [0.2, 0.25) is 0 Å². The summed E-state index contributed by atoms with van der Waals surface area (Å²) < 4.78 is 5.15. The van der Waals surface area contributed by atoms with E-state index in [2.05, 4.69) is 5.32 Å². The maximum absolute atomic E-state index is 11.1. The molecule has 2 N–H and O–H groups in total. The lowest BCUT2D eigenvalue weighted by molar-refractivity contribution is -0.137. The van der Waals surface area contributed by atoms with Gasteiger partial charge in [0.25, 0.3) is 0 Å². The summed E-state index contributed by atoms with van der Waals surface area (Å²) in [4.78, 5) is 11.1. The van der Waals surface area contributed by atoms with Gasteiger partial charge in [0.15, 0.2) is 0 Å². The molecule has 1 atom stereocenters. The summed E-state index contributed by atoms with van der Waals surface area (Å²) in [5.41, 5.74) is 1.11. The average molecular weight is 263 g/mol. The Hall–Kier alpha value is -1.55. The molecule has 1 aliphatic rings. The first kappa shape index (κ1) is 13.9. The van der Waals surface area contributed by atoms with Crippen LogP contribution in [0.15, 0.2) is 24.3 Å². The van der Waals surface area contributed by atoms with Crippen molar-refractivity contribution in [2.45, 2.75) is 25.2 Å². The van der Waals surface area contributed by atoms with Crippen molar-refractivity contribution in [3.8, 4) is 5.75 Å². The van der Waals surface area contributed by atoms with Crippen molar-refractivity contribution >= 4 is 5.97 Å². The Morgan fingerprint density at radius 2 is 2.00 bits per heavy atom. The third kappa shape index (κ3) is 3.70. The molecule has 1 aromatic carbocycles. The predicted octanol–water partition coefficient (Wildman–Crippen LogP) is 2.25. The summed E-state index contributed by atoms with van der Waals surface area (Å²) in [6.45, 7) is 1.97. The van der Waals surface area contributed by atoms with Gasteiger partial charge < -0.3 is 15.2 Å². The Morgan fingerprint density at radius 3 is 2.53 bits per heavy atom. The molecule has 0 spiro atoms. The standard InChI is InChI=1S/C15H21NO3/c1-19-13-4-2-11(3-5-13)14(10-15(17)18)12-6-8-16-9-7-12/h2-5,12,14,16H,6-10H2,1H3,(H,17,18). The van der Waals surface area contributed by atoms with Gasteiger partial charge in [-0.25, -0.2) is 0 Å². The Bertz CT molecular complexity index is 410. The van der Waals surface area contributed by atoms with E-state index in [9.17, 15) is 4.79 Å². The monoisotopic (exact) mass is 263 g/mol.